The van der Waals surface area contributed by atoms with Crippen molar-refractivity contribution in [3.05, 3.63) is 43.0 Å². The molecule has 0 aliphatic carbocycles. The molecular weight excluding hydrogens is 298 g/mol. The van der Waals surface area contributed by atoms with E-state index in [-0.39, 0.29) is 16.9 Å². The summed E-state index contributed by atoms with van der Waals surface area (Å²) in [6.45, 7) is 2.22. The maximum absolute atomic E-state index is 12.4. The van der Waals surface area contributed by atoms with Crippen molar-refractivity contribution in [3.8, 4) is 5.69 Å². The molecule has 2 aromatic rings. The van der Waals surface area contributed by atoms with Gasteiger partial charge in [0.05, 0.1) is 17.7 Å². The molecule has 1 aliphatic heterocycles. The zero-order chi connectivity index (χ0) is 15.5. The summed E-state index contributed by atoms with van der Waals surface area (Å²) < 4.78 is 1.90. The largest absolute Gasteiger partial charge is 0.310 e. The van der Waals surface area contributed by atoms with Gasteiger partial charge in [0.25, 0.3) is 0 Å². The van der Waals surface area contributed by atoms with Crippen LogP contribution in [0.25, 0.3) is 5.69 Å². The van der Waals surface area contributed by atoms with Crippen molar-refractivity contribution in [1.29, 1.82) is 0 Å². The predicted molar refractivity (Wildman–Crippen MR) is 87.2 cm³/mol. The summed E-state index contributed by atoms with van der Waals surface area (Å²) in [5.74, 6) is 1.03. The number of nitrogens with zero attached hydrogens (tertiary/aromatic N) is 3. The lowest BCUT2D eigenvalue weighted by molar-refractivity contribution is -0.117. The number of anilines is 1. The van der Waals surface area contributed by atoms with Crippen LogP contribution in [0.5, 0.6) is 0 Å². The van der Waals surface area contributed by atoms with Crippen molar-refractivity contribution in [2.75, 3.05) is 17.2 Å². The lowest BCUT2D eigenvalue weighted by Gasteiger charge is -2.20. The van der Waals surface area contributed by atoms with Crippen LogP contribution >= 0.6 is 11.8 Å². The van der Waals surface area contributed by atoms with E-state index in [1.165, 1.54) is 11.8 Å². The first-order valence-electron chi connectivity index (χ1n) is 7.16. The summed E-state index contributed by atoms with van der Waals surface area (Å²) in [6, 6.07) is 7.80. The Morgan fingerprint density at radius 2 is 2.14 bits per heavy atom. The van der Waals surface area contributed by atoms with Gasteiger partial charge in [-0.25, -0.2) is 4.98 Å². The number of thioether (sulfide) groups is 1. The topological polar surface area (TPSA) is 55.2 Å². The SMILES string of the molecule is CC(=O)SCC1CC(=O)N(c2ccccc2-n2ccnc2)C1. The standard InChI is InChI=1S/C16H17N3O2S/c1-12(20)22-10-13-8-16(21)19(9-13)15-5-3-2-4-14(15)18-7-6-17-11-18/h2-7,11,13H,8-10H2,1H3. The van der Waals surface area contributed by atoms with Gasteiger partial charge in [0.15, 0.2) is 5.12 Å². The van der Waals surface area contributed by atoms with Crippen molar-refractivity contribution >= 4 is 28.5 Å². The van der Waals surface area contributed by atoms with Crippen LogP contribution in [0, 0.1) is 5.92 Å². The lowest BCUT2D eigenvalue weighted by Crippen LogP contribution is -2.26. The number of benzene rings is 1. The van der Waals surface area contributed by atoms with Gasteiger partial charge in [-0.3, -0.25) is 9.59 Å². The van der Waals surface area contributed by atoms with E-state index in [9.17, 15) is 9.59 Å². The van der Waals surface area contributed by atoms with Crippen LogP contribution in [-0.4, -0.2) is 32.9 Å². The Morgan fingerprint density at radius 3 is 2.82 bits per heavy atom. The first-order chi connectivity index (χ1) is 10.6. The second kappa shape index (κ2) is 6.36. The molecule has 3 rings (SSSR count). The summed E-state index contributed by atoms with van der Waals surface area (Å²) in [5, 5.41) is 0.102. The zero-order valence-corrected chi connectivity index (χ0v) is 13.1. The fourth-order valence-corrected chi connectivity index (χ4v) is 3.37. The number of amides is 1. The van der Waals surface area contributed by atoms with Crippen LogP contribution in [0.2, 0.25) is 0 Å². The van der Waals surface area contributed by atoms with E-state index in [1.807, 2.05) is 39.9 Å². The Hall–Kier alpha value is -2.08. The fourth-order valence-electron chi connectivity index (χ4n) is 2.67. The highest BCUT2D eigenvalue weighted by Crippen LogP contribution is 2.31. The molecule has 0 N–H and O–H groups in total. The van der Waals surface area contributed by atoms with Crippen LogP contribution in [0.3, 0.4) is 0 Å². The third kappa shape index (κ3) is 3.06. The van der Waals surface area contributed by atoms with Crippen molar-refractivity contribution in [1.82, 2.24) is 9.55 Å². The Labute approximate surface area is 133 Å². The smallest absolute Gasteiger partial charge is 0.227 e. The fraction of sp³-hybridized carbons (Fsp3) is 0.312. The predicted octanol–water partition coefficient (Wildman–Crippen LogP) is 2.50. The molecule has 1 aromatic carbocycles. The Kier molecular flexibility index (Phi) is 4.29. The van der Waals surface area contributed by atoms with Gasteiger partial charge in [0.1, 0.15) is 0 Å². The van der Waals surface area contributed by atoms with Crippen LogP contribution in [0.15, 0.2) is 43.0 Å². The minimum Gasteiger partial charge on any atom is -0.310 e. The molecule has 1 fully saturated rings. The van der Waals surface area contributed by atoms with E-state index in [0.29, 0.717) is 18.7 Å². The van der Waals surface area contributed by atoms with E-state index in [1.54, 1.807) is 19.4 Å². The van der Waals surface area contributed by atoms with Gasteiger partial charge in [0, 0.05) is 38.0 Å². The van der Waals surface area contributed by atoms with Gasteiger partial charge in [0.2, 0.25) is 5.91 Å². The Morgan fingerprint density at radius 1 is 1.36 bits per heavy atom. The van der Waals surface area contributed by atoms with E-state index >= 15 is 0 Å². The molecule has 1 aliphatic rings. The first kappa shape index (κ1) is 14.8. The summed E-state index contributed by atoms with van der Waals surface area (Å²) in [5.41, 5.74) is 1.83. The Bertz CT molecular complexity index is 684. The monoisotopic (exact) mass is 315 g/mol. The number of rotatable bonds is 4. The molecule has 0 radical (unpaired) electrons. The van der Waals surface area contributed by atoms with Crippen LogP contribution in [0.1, 0.15) is 13.3 Å². The van der Waals surface area contributed by atoms with Crippen molar-refractivity contribution in [2.24, 2.45) is 5.92 Å². The van der Waals surface area contributed by atoms with Gasteiger partial charge in [-0.1, -0.05) is 23.9 Å². The van der Waals surface area contributed by atoms with E-state index in [0.717, 1.165) is 11.4 Å². The molecule has 1 saturated heterocycles. The van der Waals surface area contributed by atoms with Gasteiger partial charge >= 0.3 is 0 Å². The molecule has 5 nitrogen and oxygen atoms in total. The molecule has 1 unspecified atom stereocenters. The lowest BCUT2D eigenvalue weighted by atomic mass is 10.1. The number of aromatic nitrogens is 2. The molecule has 1 atom stereocenters. The minimum absolute atomic E-state index is 0.102. The molecule has 1 amide bonds. The summed E-state index contributed by atoms with van der Waals surface area (Å²) in [7, 11) is 0. The normalized spacial score (nSPS) is 18.0. The minimum atomic E-state index is 0.102. The molecule has 0 spiro atoms. The van der Waals surface area contributed by atoms with E-state index in [2.05, 4.69) is 4.98 Å². The number of hydrogen-bond donors (Lipinski definition) is 0. The van der Waals surface area contributed by atoms with E-state index < -0.39 is 0 Å². The van der Waals surface area contributed by atoms with Crippen LogP contribution < -0.4 is 4.90 Å². The highest BCUT2D eigenvalue weighted by atomic mass is 32.2. The van der Waals surface area contributed by atoms with Crippen molar-refractivity contribution in [3.63, 3.8) is 0 Å². The number of carbonyl (C=O) groups excluding carboxylic acids is 2. The molecule has 22 heavy (non-hydrogen) atoms. The quantitative estimate of drug-likeness (QED) is 0.870. The number of para-hydroxylation sites is 2. The number of hydrogen-bond acceptors (Lipinski definition) is 4. The third-order valence-corrected chi connectivity index (χ3v) is 4.73. The maximum Gasteiger partial charge on any atom is 0.227 e. The third-order valence-electron chi connectivity index (χ3n) is 3.68. The van der Waals surface area contributed by atoms with Gasteiger partial charge in [-0.2, -0.15) is 0 Å². The van der Waals surface area contributed by atoms with Crippen molar-refractivity contribution < 1.29 is 9.59 Å². The molecule has 0 saturated carbocycles. The highest BCUT2D eigenvalue weighted by molar-refractivity contribution is 8.13. The molecule has 6 heteroatoms. The average molecular weight is 315 g/mol. The highest BCUT2D eigenvalue weighted by Gasteiger charge is 2.32. The Balaban J connectivity index is 1.83. The first-order valence-corrected chi connectivity index (χ1v) is 8.15. The molecule has 1 aromatic heterocycles. The number of imidazole rings is 1. The van der Waals surface area contributed by atoms with Crippen LogP contribution in [-0.2, 0) is 9.59 Å². The summed E-state index contributed by atoms with van der Waals surface area (Å²) in [4.78, 5) is 29.3. The molecule has 114 valence electrons. The van der Waals surface area contributed by atoms with Crippen LogP contribution in [0.4, 0.5) is 5.69 Å². The summed E-state index contributed by atoms with van der Waals surface area (Å²) >= 11 is 1.30. The zero-order valence-electron chi connectivity index (χ0n) is 12.3. The van der Waals surface area contributed by atoms with Gasteiger partial charge in [-0.05, 0) is 18.1 Å². The molecular formula is C16H17N3O2S. The van der Waals surface area contributed by atoms with Crippen molar-refractivity contribution in [2.45, 2.75) is 13.3 Å². The summed E-state index contributed by atoms with van der Waals surface area (Å²) in [6.07, 6.45) is 5.80. The molecule has 0 bridgehead atoms. The van der Waals surface area contributed by atoms with Gasteiger partial charge in [-0.15, -0.1) is 0 Å². The molecule has 2 heterocycles. The number of carbonyl (C=O) groups is 2. The van der Waals surface area contributed by atoms with Gasteiger partial charge < -0.3 is 9.47 Å². The van der Waals surface area contributed by atoms with E-state index in [4.69, 9.17) is 0 Å². The average Bonchev–Trinajstić information content (AvgIpc) is 3.14. The maximum atomic E-state index is 12.4. The second-order valence-corrected chi connectivity index (χ2v) is 6.53. The second-order valence-electron chi connectivity index (χ2n) is 5.34.